The van der Waals surface area contributed by atoms with Crippen LogP contribution in [0.5, 0.6) is 0 Å². The zero-order valence-electron chi connectivity index (χ0n) is 11.8. The summed E-state index contributed by atoms with van der Waals surface area (Å²) in [7, 11) is 1.38. The number of methoxy groups -OCH3 is 1. The van der Waals surface area contributed by atoms with Gasteiger partial charge in [0.1, 0.15) is 6.04 Å². The van der Waals surface area contributed by atoms with Gasteiger partial charge in [0.2, 0.25) is 5.91 Å². The van der Waals surface area contributed by atoms with E-state index < -0.39 is 6.04 Å². The fraction of sp³-hybridized carbons (Fsp3) is 0.438. The minimum absolute atomic E-state index is 0.0412. The molecular formula is C16H16N2O3. The van der Waals surface area contributed by atoms with E-state index in [1.54, 1.807) is 11.1 Å². The fourth-order valence-electron chi connectivity index (χ4n) is 3.93. The highest BCUT2D eigenvalue weighted by Crippen LogP contribution is 2.45. The van der Waals surface area contributed by atoms with Crippen molar-refractivity contribution in [1.82, 2.24) is 9.88 Å². The molecule has 108 valence electrons. The van der Waals surface area contributed by atoms with Crippen molar-refractivity contribution >= 4 is 17.4 Å². The zero-order chi connectivity index (χ0) is 14.6. The fourth-order valence-corrected chi connectivity index (χ4v) is 3.93. The number of esters is 1. The van der Waals surface area contributed by atoms with E-state index in [-0.39, 0.29) is 17.9 Å². The Kier molecular flexibility index (Phi) is 2.64. The summed E-state index contributed by atoms with van der Waals surface area (Å²) in [4.78, 5) is 30.5. The summed E-state index contributed by atoms with van der Waals surface area (Å²) >= 11 is 0. The summed E-state index contributed by atoms with van der Waals surface area (Å²) in [6, 6.07) is 3.54. The number of rotatable bonds is 1. The normalized spacial score (nSPS) is 26.5. The van der Waals surface area contributed by atoms with Gasteiger partial charge in [0.25, 0.3) is 0 Å². The van der Waals surface area contributed by atoms with Gasteiger partial charge in [-0.3, -0.25) is 9.78 Å². The molecule has 3 aliphatic rings. The highest BCUT2D eigenvalue weighted by Gasteiger charge is 2.48. The average Bonchev–Trinajstić information content (AvgIpc) is 3.07. The number of carbonyl (C=O) groups excluding carboxylic acids is 2. The molecule has 2 aliphatic heterocycles. The second kappa shape index (κ2) is 4.41. The molecule has 0 unspecified atom stereocenters. The quantitative estimate of drug-likeness (QED) is 0.730. The monoisotopic (exact) mass is 284 g/mol. The van der Waals surface area contributed by atoms with Crippen molar-refractivity contribution in [3.05, 3.63) is 35.2 Å². The molecule has 3 heterocycles. The second-order valence-electron chi connectivity index (χ2n) is 5.78. The van der Waals surface area contributed by atoms with Crippen molar-refractivity contribution in [2.24, 2.45) is 0 Å². The van der Waals surface area contributed by atoms with Gasteiger partial charge in [-0.15, -0.1) is 0 Å². The molecular weight excluding hydrogens is 268 g/mol. The molecule has 2 atom stereocenters. The number of nitrogens with zero attached hydrogens (tertiary/aromatic N) is 2. The van der Waals surface area contributed by atoms with Crippen LogP contribution in [0.2, 0.25) is 0 Å². The van der Waals surface area contributed by atoms with Crippen LogP contribution >= 0.6 is 0 Å². The number of carbonyl (C=O) groups is 2. The number of fused-ring (bicyclic) bond motifs is 4. The van der Waals surface area contributed by atoms with Crippen LogP contribution in [0.3, 0.4) is 0 Å². The van der Waals surface area contributed by atoms with Crippen molar-refractivity contribution in [2.45, 2.75) is 37.8 Å². The van der Waals surface area contributed by atoms with Gasteiger partial charge >= 0.3 is 5.97 Å². The van der Waals surface area contributed by atoms with Crippen molar-refractivity contribution in [2.75, 3.05) is 7.11 Å². The highest BCUT2D eigenvalue weighted by molar-refractivity contribution is 5.92. The van der Waals surface area contributed by atoms with E-state index in [2.05, 4.69) is 11.1 Å². The lowest BCUT2D eigenvalue weighted by Gasteiger charge is -2.37. The van der Waals surface area contributed by atoms with E-state index in [4.69, 9.17) is 4.74 Å². The smallest absolute Gasteiger partial charge is 0.328 e. The van der Waals surface area contributed by atoms with E-state index >= 15 is 0 Å². The van der Waals surface area contributed by atoms with Crippen molar-refractivity contribution in [3.8, 4) is 0 Å². The van der Waals surface area contributed by atoms with Gasteiger partial charge in [-0.2, -0.15) is 0 Å². The van der Waals surface area contributed by atoms with Crippen molar-refractivity contribution < 1.29 is 14.3 Å². The lowest BCUT2D eigenvalue weighted by atomic mass is 9.89. The van der Waals surface area contributed by atoms with E-state index in [9.17, 15) is 9.59 Å². The van der Waals surface area contributed by atoms with Crippen LogP contribution in [0.25, 0.3) is 5.57 Å². The summed E-state index contributed by atoms with van der Waals surface area (Å²) < 4.78 is 4.91. The number of hydrogen-bond acceptors (Lipinski definition) is 4. The van der Waals surface area contributed by atoms with Gasteiger partial charge in [0, 0.05) is 25.5 Å². The van der Waals surface area contributed by atoms with Crippen LogP contribution in [0, 0.1) is 0 Å². The Balaban J connectivity index is 1.81. The first-order valence-electron chi connectivity index (χ1n) is 7.26. The third kappa shape index (κ3) is 1.66. The molecule has 1 saturated heterocycles. The SMILES string of the molecule is COC(=O)[C@H]1CC2=C(Cc3ncccc32)[C@@H]2CCC(=O)N12. The molecule has 4 rings (SSSR count). The second-order valence-corrected chi connectivity index (χ2v) is 5.78. The first kappa shape index (κ1) is 12.6. The predicted molar refractivity (Wildman–Crippen MR) is 75.2 cm³/mol. The van der Waals surface area contributed by atoms with E-state index in [1.165, 1.54) is 18.3 Å². The molecule has 1 aromatic heterocycles. The van der Waals surface area contributed by atoms with Crippen LogP contribution in [-0.4, -0.2) is 41.0 Å². The average molecular weight is 284 g/mol. The van der Waals surface area contributed by atoms with Gasteiger partial charge in [0.15, 0.2) is 0 Å². The maximum absolute atomic E-state index is 12.2. The Labute approximate surface area is 122 Å². The topological polar surface area (TPSA) is 59.5 Å². The first-order valence-corrected chi connectivity index (χ1v) is 7.26. The molecule has 1 aliphatic carbocycles. The predicted octanol–water partition coefficient (Wildman–Crippen LogP) is 1.33. The van der Waals surface area contributed by atoms with Gasteiger partial charge in [-0.25, -0.2) is 4.79 Å². The van der Waals surface area contributed by atoms with Crippen LogP contribution in [0.4, 0.5) is 0 Å². The summed E-state index contributed by atoms with van der Waals surface area (Å²) in [6.45, 7) is 0. The summed E-state index contributed by atoms with van der Waals surface area (Å²) in [6.07, 6.45) is 4.45. The molecule has 0 radical (unpaired) electrons. The molecule has 0 spiro atoms. The molecule has 21 heavy (non-hydrogen) atoms. The van der Waals surface area contributed by atoms with Crippen LogP contribution < -0.4 is 0 Å². The Morgan fingerprint density at radius 2 is 2.33 bits per heavy atom. The minimum Gasteiger partial charge on any atom is -0.467 e. The molecule has 1 amide bonds. The molecule has 1 fully saturated rings. The number of amides is 1. The largest absolute Gasteiger partial charge is 0.467 e. The summed E-state index contributed by atoms with van der Waals surface area (Å²) in [5.41, 5.74) is 4.67. The van der Waals surface area contributed by atoms with Crippen LogP contribution in [-0.2, 0) is 20.7 Å². The number of pyridine rings is 1. The maximum atomic E-state index is 12.2. The van der Waals surface area contributed by atoms with Crippen LogP contribution in [0.15, 0.2) is 23.9 Å². The first-order chi connectivity index (χ1) is 10.2. The number of ether oxygens (including phenoxy) is 1. The van der Waals surface area contributed by atoms with Gasteiger partial charge in [-0.1, -0.05) is 6.07 Å². The van der Waals surface area contributed by atoms with Crippen molar-refractivity contribution in [1.29, 1.82) is 0 Å². The van der Waals surface area contributed by atoms with Gasteiger partial charge < -0.3 is 9.64 Å². The minimum atomic E-state index is -0.486. The maximum Gasteiger partial charge on any atom is 0.328 e. The molecule has 5 heteroatoms. The van der Waals surface area contributed by atoms with Crippen molar-refractivity contribution in [3.63, 3.8) is 0 Å². The zero-order valence-corrected chi connectivity index (χ0v) is 11.8. The van der Waals surface area contributed by atoms with E-state index in [1.807, 2.05) is 6.07 Å². The van der Waals surface area contributed by atoms with E-state index in [0.717, 1.165) is 24.1 Å². The molecule has 5 nitrogen and oxygen atoms in total. The Morgan fingerprint density at radius 1 is 1.48 bits per heavy atom. The third-order valence-electron chi connectivity index (χ3n) is 4.83. The van der Waals surface area contributed by atoms with Crippen LogP contribution in [0.1, 0.15) is 30.5 Å². The molecule has 0 bridgehead atoms. The van der Waals surface area contributed by atoms with Gasteiger partial charge in [-0.05, 0) is 29.2 Å². The molecule has 1 aromatic rings. The Morgan fingerprint density at radius 3 is 3.14 bits per heavy atom. The number of aromatic nitrogens is 1. The third-order valence-corrected chi connectivity index (χ3v) is 4.83. The molecule has 0 aromatic carbocycles. The number of hydrogen-bond donors (Lipinski definition) is 0. The summed E-state index contributed by atoms with van der Waals surface area (Å²) in [5, 5.41) is 0. The van der Waals surface area contributed by atoms with Gasteiger partial charge in [0.05, 0.1) is 18.8 Å². The molecule has 0 N–H and O–H groups in total. The lowest BCUT2D eigenvalue weighted by Crippen LogP contribution is -2.50. The highest BCUT2D eigenvalue weighted by atomic mass is 16.5. The van der Waals surface area contributed by atoms with E-state index in [0.29, 0.717) is 12.8 Å². The standard InChI is InChI=1S/C16H16N2O3/c1-21-16(20)14-8-10-9-3-2-6-17-12(9)7-11(10)13-4-5-15(19)18(13)14/h2-3,6,13-14H,4-5,7-8H2,1H3/t13-,14+/m0/s1. The Bertz CT molecular complexity index is 680. The lowest BCUT2D eigenvalue weighted by molar-refractivity contribution is -0.152. The summed E-state index contributed by atoms with van der Waals surface area (Å²) in [5.74, 6) is -0.259. The Hall–Kier alpha value is -2.17. The molecule has 0 saturated carbocycles.